The van der Waals surface area contributed by atoms with Crippen molar-refractivity contribution in [2.24, 2.45) is 0 Å². The molecule has 0 bridgehead atoms. The Hall–Kier alpha value is -0.960. The third kappa shape index (κ3) is 3.33. The monoisotopic (exact) mass is 322 g/mol. The first-order valence-corrected chi connectivity index (χ1v) is 8.19. The molecule has 0 spiro atoms. The highest BCUT2D eigenvalue weighted by atomic mass is 35.5. The highest BCUT2D eigenvalue weighted by Crippen LogP contribution is 2.36. The molecule has 1 aliphatic carbocycles. The fourth-order valence-electron chi connectivity index (χ4n) is 1.77. The molecule has 0 saturated heterocycles. The number of halogens is 1. The van der Waals surface area contributed by atoms with E-state index in [9.17, 15) is 18.5 Å². The first-order valence-electron chi connectivity index (χ1n) is 5.51. The van der Waals surface area contributed by atoms with Gasteiger partial charge in [0.1, 0.15) is 4.21 Å². The second-order valence-electron chi connectivity index (χ2n) is 4.08. The third-order valence-electron chi connectivity index (χ3n) is 2.70. The maximum absolute atomic E-state index is 12.1. The average molecular weight is 323 g/mol. The van der Waals surface area contributed by atoms with Crippen molar-refractivity contribution in [2.75, 3.05) is 0 Å². The molecule has 0 fully saturated rings. The number of rotatable bonds is 4. The largest absolute Gasteiger partial charge is 0.300 e. The van der Waals surface area contributed by atoms with Crippen LogP contribution in [0.1, 0.15) is 19.3 Å². The summed E-state index contributed by atoms with van der Waals surface area (Å²) >= 11 is 6.36. The molecule has 1 aromatic rings. The number of nitrogens with one attached hydrogen (secondary N) is 1. The molecule has 0 radical (unpaired) electrons. The van der Waals surface area contributed by atoms with Crippen molar-refractivity contribution in [2.45, 2.75) is 29.5 Å². The van der Waals surface area contributed by atoms with Gasteiger partial charge in [0, 0.05) is 12.1 Å². The molecule has 0 saturated carbocycles. The van der Waals surface area contributed by atoms with E-state index in [1.165, 1.54) is 0 Å². The van der Waals surface area contributed by atoms with E-state index in [0.29, 0.717) is 17.8 Å². The van der Waals surface area contributed by atoms with Gasteiger partial charge in [0.2, 0.25) is 0 Å². The lowest BCUT2D eigenvalue weighted by Gasteiger charge is -2.18. The van der Waals surface area contributed by atoms with Crippen molar-refractivity contribution in [1.29, 1.82) is 0 Å². The summed E-state index contributed by atoms with van der Waals surface area (Å²) in [5.41, 5.74) is -0.379. The van der Waals surface area contributed by atoms with Gasteiger partial charge < -0.3 is 0 Å². The fraction of sp³-hybridized carbons (Fsp3) is 0.400. The highest BCUT2D eigenvalue weighted by molar-refractivity contribution is 7.91. The lowest BCUT2D eigenvalue weighted by atomic mass is 10.0. The van der Waals surface area contributed by atoms with E-state index < -0.39 is 14.9 Å². The second-order valence-corrected chi connectivity index (χ2v) is 7.68. The number of hydrogen-bond donors (Lipinski definition) is 1. The molecule has 0 amide bonds. The topological polar surface area (TPSA) is 89.3 Å². The number of nitrogens with zero attached hydrogens (tertiary/aromatic N) is 1. The van der Waals surface area contributed by atoms with E-state index in [1.807, 2.05) is 12.2 Å². The maximum Gasteiger partial charge on any atom is 0.300 e. The molecule has 1 N–H and O–H groups in total. The molecular weight excluding hydrogens is 312 g/mol. The van der Waals surface area contributed by atoms with E-state index in [4.69, 9.17) is 11.6 Å². The van der Waals surface area contributed by atoms with Crippen molar-refractivity contribution >= 4 is 38.6 Å². The van der Waals surface area contributed by atoms with Crippen LogP contribution in [0, 0.1) is 10.1 Å². The average Bonchev–Trinajstić information content (AvgIpc) is 2.73. The predicted molar refractivity (Wildman–Crippen MR) is 73.1 cm³/mol. The van der Waals surface area contributed by atoms with Gasteiger partial charge in [-0.05, 0) is 19.3 Å². The summed E-state index contributed by atoms with van der Waals surface area (Å²) in [5, 5.41) is 10.7. The SMILES string of the molecule is O=[N+]([O-])c1cc(S(=O)(=O)NC2CC=CCC2)sc1Cl. The Morgan fingerprint density at radius 2 is 2.21 bits per heavy atom. The normalized spacial score (nSPS) is 19.5. The molecule has 1 aromatic heterocycles. The van der Waals surface area contributed by atoms with Gasteiger partial charge >= 0.3 is 0 Å². The van der Waals surface area contributed by atoms with Crippen LogP contribution in [0.3, 0.4) is 0 Å². The molecule has 6 nitrogen and oxygen atoms in total. The molecule has 1 heterocycles. The summed E-state index contributed by atoms with van der Waals surface area (Å²) in [5.74, 6) is 0. The summed E-state index contributed by atoms with van der Waals surface area (Å²) in [6, 6.07) is 0.823. The molecule has 2 rings (SSSR count). The Morgan fingerprint density at radius 1 is 1.47 bits per heavy atom. The van der Waals surface area contributed by atoms with Crippen molar-refractivity contribution in [3.8, 4) is 0 Å². The minimum atomic E-state index is -3.75. The zero-order valence-corrected chi connectivity index (χ0v) is 12.1. The van der Waals surface area contributed by atoms with Gasteiger partial charge in [0.05, 0.1) is 4.92 Å². The minimum absolute atomic E-state index is 0.126. The van der Waals surface area contributed by atoms with Gasteiger partial charge in [-0.25, -0.2) is 13.1 Å². The summed E-state index contributed by atoms with van der Waals surface area (Å²) in [4.78, 5) is 9.96. The number of hydrogen-bond acceptors (Lipinski definition) is 5. The van der Waals surface area contributed by atoms with Gasteiger partial charge in [-0.3, -0.25) is 10.1 Å². The Balaban J connectivity index is 2.22. The minimum Gasteiger partial charge on any atom is -0.258 e. The number of sulfonamides is 1. The predicted octanol–water partition coefficient (Wildman–Crippen LogP) is 2.70. The summed E-state index contributed by atoms with van der Waals surface area (Å²) < 4.78 is 26.4. The quantitative estimate of drug-likeness (QED) is 0.524. The standard InChI is InChI=1S/C10H11ClN2O4S2/c11-10-8(13(14)15)6-9(18-10)19(16,17)12-7-4-2-1-3-5-7/h1-2,6-7,12H,3-5H2. The summed E-state index contributed by atoms with van der Waals surface area (Å²) in [7, 11) is -3.75. The number of thiophene rings is 1. The molecule has 9 heteroatoms. The lowest BCUT2D eigenvalue weighted by Crippen LogP contribution is -2.34. The fourth-order valence-corrected chi connectivity index (χ4v) is 4.74. The van der Waals surface area contributed by atoms with E-state index >= 15 is 0 Å². The highest BCUT2D eigenvalue weighted by Gasteiger charge is 2.27. The molecule has 1 aliphatic rings. The Bertz CT molecular complexity index is 623. The van der Waals surface area contributed by atoms with Crippen LogP contribution >= 0.6 is 22.9 Å². The molecule has 104 valence electrons. The Morgan fingerprint density at radius 3 is 2.74 bits per heavy atom. The Kier molecular flexibility index (Phi) is 4.24. The number of nitro groups is 1. The van der Waals surface area contributed by atoms with E-state index in [2.05, 4.69) is 4.72 Å². The van der Waals surface area contributed by atoms with Crippen LogP contribution in [-0.2, 0) is 10.0 Å². The van der Waals surface area contributed by atoms with Crippen LogP contribution in [0.25, 0.3) is 0 Å². The van der Waals surface area contributed by atoms with Crippen molar-refractivity contribution in [1.82, 2.24) is 4.72 Å². The van der Waals surface area contributed by atoms with E-state index in [-0.39, 0.29) is 20.3 Å². The van der Waals surface area contributed by atoms with Crippen LogP contribution in [0.15, 0.2) is 22.4 Å². The zero-order valence-electron chi connectivity index (χ0n) is 9.71. The van der Waals surface area contributed by atoms with Gasteiger partial charge in [-0.15, -0.1) is 11.3 Å². The van der Waals surface area contributed by atoms with Crippen molar-refractivity contribution in [3.05, 3.63) is 32.7 Å². The molecule has 19 heavy (non-hydrogen) atoms. The molecule has 1 unspecified atom stereocenters. The Labute approximate surface area is 119 Å². The van der Waals surface area contributed by atoms with Gasteiger partial charge in [-0.2, -0.15) is 0 Å². The lowest BCUT2D eigenvalue weighted by molar-refractivity contribution is -0.384. The van der Waals surface area contributed by atoms with Crippen LogP contribution < -0.4 is 4.72 Å². The first-order chi connectivity index (χ1) is 8.90. The summed E-state index contributed by atoms with van der Waals surface area (Å²) in [6.07, 6.45) is 6.08. The van der Waals surface area contributed by atoms with Gasteiger partial charge in [0.25, 0.3) is 15.7 Å². The number of allylic oxidation sites excluding steroid dienone is 1. The molecule has 0 aliphatic heterocycles. The third-order valence-corrected chi connectivity index (χ3v) is 6.03. The van der Waals surface area contributed by atoms with Crippen molar-refractivity contribution < 1.29 is 13.3 Å². The molecule has 0 aromatic carbocycles. The van der Waals surface area contributed by atoms with Crippen LogP contribution in [0.5, 0.6) is 0 Å². The smallest absolute Gasteiger partial charge is 0.258 e. The zero-order chi connectivity index (χ0) is 14.0. The van der Waals surface area contributed by atoms with Gasteiger partial charge in [-0.1, -0.05) is 23.8 Å². The summed E-state index contributed by atoms with van der Waals surface area (Å²) in [6.45, 7) is 0. The van der Waals surface area contributed by atoms with Crippen LogP contribution in [0.2, 0.25) is 4.34 Å². The van der Waals surface area contributed by atoms with Crippen LogP contribution in [-0.4, -0.2) is 19.4 Å². The molecular formula is C10H11ClN2O4S2. The molecule has 1 atom stereocenters. The van der Waals surface area contributed by atoms with E-state index in [0.717, 1.165) is 18.9 Å². The van der Waals surface area contributed by atoms with Crippen LogP contribution in [0.4, 0.5) is 5.69 Å². The van der Waals surface area contributed by atoms with E-state index in [1.54, 1.807) is 0 Å². The maximum atomic E-state index is 12.1. The first kappa shape index (κ1) is 14.4. The van der Waals surface area contributed by atoms with Crippen molar-refractivity contribution in [3.63, 3.8) is 0 Å². The van der Waals surface area contributed by atoms with Gasteiger partial charge in [0.15, 0.2) is 4.34 Å². The second kappa shape index (κ2) is 5.58.